The van der Waals surface area contributed by atoms with Crippen LogP contribution in [-0.4, -0.2) is 27.0 Å². The van der Waals surface area contributed by atoms with E-state index >= 15 is 0 Å². The van der Waals surface area contributed by atoms with Gasteiger partial charge in [0.2, 0.25) is 0 Å². The molecule has 0 fully saturated rings. The molecule has 0 saturated heterocycles. The number of hydrogen-bond donors (Lipinski definition) is 0. The highest BCUT2D eigenvalue weighted by atomic mass is 32.2. The summed E-state index contributed by atoms with van der Waals surface area (Å²) in [5, 5.41) is 0. The number of hydrogen-bond acceptors (Lipinski definition) is 3. The lowest BCUT2D eigenvalue weighted by molar-refractivity contribution is -0.0262. The second-order valence-corrected chi connectivity index (χ2v) is 4.67. The van der Waals surface area contributed by atoms with Crippen LogP contribution in [0.2, 0.25) is 0 Å². The van der Waals surface area contributed by atoms with Crippen LogP contribution in [0.5, 0.6) is 0 Å². The van der Waals surface area contributed by atoms with Gasteiger partial charge in [0.25, 0.3) is 10.0 Å². The Morgan fingerprint density at radius 3 is 2.00 bits per heavy atom. The molecule has 0 radical (unpaired) electrons. The van der Waals surface area contributed by atoms with Crippen molar-refractivity contribution in [1.29, 1.82) is 0 Å². The number of benzene rings is 1. The van der Waals surface area contributed by atoms with Crippen molar-refractivity contribution in [2.45, 2.75) is 4.90 Å². The van der Waals surface area contributed by atoms with Crippen molar-refractivity contribution in [2.24, 2.45) is 0 Å². The molecule has 90 valence electrons. The highest BCUT2D eigenvalue weighted by Crippen LogP contribution is 2.22. The summed E-state index contributed by atoms with van der Waals surface area (Å²) in [6.45, 7) is 0. The minimum atomic E-state index is -4.47. The molecule has 4 nitrogen and oxygen atoms in total. The Morgan fingerprint density at radius 2 is 1.62 bits per heavy atom. The fourth-order valence-corrected chi connectivity index (χ4v) is 2.07. The molecule has 0 aliphatic rings. The van der Waals surface area contributed by atoms with E-state index in [0.717, 1.165) is 14.2 Å². The lowest BCUT2D eigenvalue weighted by Crippen LogP contribution is -2.27. The Bertz CT molecular complexity index is 480. The second-order valence-electron chi connectivity index (χ2n) is 2.80. The molecule has 0 aliphatic carbocycles. The van der Waals surface area contributed by atoms with Crippen LogP contribution in [0.1, 0.15) is 0 Å². The minimum absolute atomic E-state index is 0.270. The zero-order chi connectivity index (χ0) is 12.5. The van der Waals surface area contributed by atoms with E-state index in [1.165, 1.54) is 0 Å². The molecule has 0 spiro atoms. The molecule has 0 aliphatic heterocycles. The van der Waals surface area contributed by atoms with Gasteiger partial charge in [0.15, 0.2) is 4.90 Å². The molecule has 0 aromatic heterocycles. The number of hydroxylamine groups is 1. The third-order valence-corrected chi connectivity index (χ3v) is 3.55. The van der Waals surface area contributed by atoms with Gasteiger partial charge in [0.05, 0.1) is 7.11 Å². The van der Waals surface area contributed by atoms with E-state index in [1.54, 1.807) is 0 Å². The largest absolute Gasteiger partial charge is 0.288 e. The summed E-state index contributed by atoms with van der Waals surface area (Å²) in [5.41, 5.74) is 0. The van der Waals surface area contributed by atoms with Gasteiger partial charge in [-0.2, -0.15) is 0 Å². The quantitative estimate of drug-likeness (QED) is 0.764. The van der Waals surface area contributed by atoms with Crippen molar-refractivity contribution >= 4 is 10.0 Å². The van der Waals surface area contributed by atoms with Crippen molar-refractivity contribution in [2.75, 3.05) is 14.2 Å². The first-order chi connectivity index (χ1) is 7.30. The third kappa shape index (κ3) is 2.18. The van der Waals surface area contributed by atoms with E-state index in [2.05, 4.69) is 4.84 Å². The summed E-state index contributed by atoms with van der Waals surface area (Å²) < 4.78 is 62.2. The molecule has 0 heterocycles. The Kier molecular flexibility index (Phi) is 3.56. The summed E-state index contributed by atoms with van der Waals surface area (Å²) in [6.07, 6.45) is 0. The van der Waals surface area contributed by atoms with Crippen molar-refractivity contribution in [3.8, 4) is 0 Å². The lowest BCUT2D eigenvalue weighted by Gasteiger charge is -2.14. The summed E-state index contributed by atoms with van der Waals surface area (Å²) in [5.74, 6) is -4.23. The first-order valence-corrected chi connectivity index (χ1v) is 5.42. The maximum absolute atomic E-state index is 13.2. The fraction of sp³-hybridized carbons (Fsp3) is 0.250. The number of halogens is 3. The smallest absolute Gasteiger partial charge is 0.270 e. The SMILES string of the molecule is CON(C)S(=O)(=O)c1c(F)cc(F)cc1F. The molecule has 0 unspecified atom stereocenters. The molecule has 1 rings (SSSR count). The van der Waals surface area contributed by atoms with E-state index in [4.69, 9.17) is 0 Å². The first kappa shape index (κ1) is 12.9. The number of rotatable bonds is 3. The topological polar surface area (TPSA) is 46.6 Å². The normalized spacial score (nSPS) is 12.1. The van der Waals surface area contributed by atoms with Gasteiger partial charge in [0.1, 0.15) is 17.5 Å². The van der Waals surface area contributed by atoms with Crippen molar-refractivity contribution in [3.05, 3.63) is 29.6 Å². The van der Waals surface area contributed by atoms with E-state index in [0.29, 0.717) is 0 Å². The Morgan fingerprint density at radius 1 is 1.19 bits per heavy atom. The number of nitrogens with zero attached hydrogens (tertiary/aromatic N) is 1. The van der Waals surface area contributed by atoms with Crippen molar-refractivity contribution in [3.63, 3.8) is 0 Å². The van der Waals surface area contributed by atoms with Crippen molar-refractivity contribution in [1.82, 2.24) is 4.47 Å². The first-order valence-electron chi connectivity index (χ1n) is 3.98. The highest BCUT2D eigenvalue weighted by Gasteiger charge is 2.29. The van der Waals surface area contributed by atoms with Gasteiger partial charge in [-0.05, 0) is 0 Å². The van der Waals surface area contributed by atoms with Crippen LogP contribution in [0.4, 0.5) is 13.2 Å². The van der Waals surface area contributed by atoms with Gasteiger partial charge in [-0.3, -0.25) is 4.84 Å². The van der Waals surface area contributed by atoms with Gasteiger partial charge in [-0.1, -0.05) is 4.47 Å². The number of sulfonamides is 1. The summed E-state index contributed by atoms with van der Waals surface area (Å²) >= 11 is 0. The molecule has 0 bridgehead atoms. The van der Waals surface area contributed by atoms with Gasteiger partial charge in [-0.15, -0.1) is 0 Å². The van der Waals surface area contributed by atoms with Crippen LogP contribution in [0.3, 0.4) is 0 Å². The van der Waals surface area contributed by atoms with Crippen molar-refractivity contribution < 1.29 is 26.4 Å². The Balaban J connectivity index is 3.45. The van der Waals surface area contributed by atoms with Crippen LogP contribution in [-0.2, 0) is 14.9 Å². The van der Waals surface area contributed by atoms with Gasteiger partial charge < -0.3 is 0 Å². The maximum atomic E-state index is 13.2. The lowest BCUT2D eigenvalue weighted by atomic mass is 10.3. The Hall–Kier alpha value is -1.12. The molecule has 0 saturated carbocycles. The average Bonchev–Trinajstić information content (AvgIpc) is 2.14. The highest BCUT2D eigenvalue weighted by molar-refractivity contribution is 7.89. The van der Waals surface area contributed by atoms with Gasteiger partial charge in [0, 0.05) is 19.2 Å². The van der Waals surface area contributed by atoms with E-state index in [-0.39, 0.29) is 16.6 Å². The van der Waals surface area contributed by atoms with Gasteiger partial charge in [-0.25, -0.2) is 21.6 Å². The van der Waals surface area contributed by atoms with Crippen LogP contribution < -0.4 is 0 Å². The standard InChI is InChI=1S/C8H8F3NO3S/c1-12(15-2)16(13,14)8-6(10)3-5(9)4-7(8)11/h3-4H,1-2H3. The second kappa shape index (κ2) is 4.40. The molecular formula is C8H8F3NO3S. The molecule has 1 aromatic rings. The van der Waals surface area contributed by atoms with E-state index < -0.39 is 32.4 Å². The predicted octanol–water partition coefficient (Wildman–Crippen LogP) is 1.29. The monoisotopic (exact) mass is 255 g/mol. The van der Waals surface area contributed by atoms with Crippen LogP contribution in [0.15, 0.2) is 17.0 Å². The molecule has 0 amide bonds. The van der Waals surface area contributed by atoms with Crippen LogP contribution in [0.25, 0.3) is 0 Å². The van der Waals surface area contributed by atoms with Crippen LogP contribution in [0, 0.1) is 17.5 Å². The zero-order valence-corrected chi connectivity index (χ0v) is 9.19. The summed E-state index contributed by atoms with van der Waals surface area (Å²) in [6, 6.07) is 0.554. The third-order valence-electron chi connectivity index (χ3n) is 1.82. The average molecular weight is 255 g/mol. The van der Waals surface area contributed by atoms with E-state index in [9.17, 15) is 21.6 Å². The summed E-state index contributed by atoms with van der Waals surface area (Å²) in [7, 11) is -2.51. The fourth-order valence-electron chi connectivity index (χ4n) is 1.00. The molecule has 1 aromatic carbocycles. The predicted molar refractivity (Wildman–Crippen MR) is 48.3 cm³/mol. The van der Waals surface area contributed by atoms with Crippen LogP contribution >= 0.6 is 0 Å². The molecule has 0 N–H and O–H groups in total. The summed E-state index contributed by atoms with van der Waals surface area (Å²) in [4.78, 5) is 3.08. The maximum Gasteiger partial charge on any atom is 0.270 e. The molecular weight excluding hydrogens is 247 g/mol. The van der Waals surface area contributed by atoms with Gasteiger partial charge >= 0.3 is 0 Å². The molecule has 0 atom stereocenters. The molecule has 16 heavy (non-hydrogen) atoms. The van der Waals surface area contributed by atoms with E-state index in [1.807, 2.05) is 0 Å². The Labute approximate surface area is 90.2 Å². The molecule has 8 heteroatoms. The minimum Gasteiger partial charge on any atom is -0.288 e. The zero-order valence-electron chi connectivity index (χ0n) is 8.37.